The molecule has 0 aliphatic carbocycles. The maximum absolute atomic E-state index is 12.1. The van der Waals surface area contributed by atoms with Gasteiger partial charge in [-0.3, -0.25) is 4.79 Å². The lowest BCUT2D eigenvalue weighted by molar-refractivity contribution is -0.126. The molecular weight excluding hydrogens is 250 g/mol. The first-order valence-electron chi connectivity index (χ1n) is 7.41. The van der Waals surface area contributed by atoms with Gasteiger partial charge in [0.15, 0.2) is 0 Å². The molecule has 1 fully saturated rings. The molecule has 0 saturated carbocycles. The number of carbonyl (C=O) groups excluding carboxylic acids is 1. The summed E-state index contributed by atoms with van der Waals surface area (Å²) in [4.78, 5) is 14.3. The van der Waals surface area contributed by atoms with Crippen LogP contribution in [0.3, 0.4) is 0 Å². The normalized spacial score (nSPS) is 21.7. The van der Waals surface area contributed by atoms with Crippen LogP contribution in [0.25, 0.3) is 0 Å². The largest absolute Gasteiger partial charge is 0.375 e. The summed E-state index contributed by atoms with van der Waals surface area (Å²) in [5.41, 5.74) is 0.856. The predicted molar refractivity (Wildman–Crippen MR) is 83.0 cm³/mol. The Morgan fingerprint density at radius 2 is 2.15 bits per heavy atom. The molecule has 0 aromatic heterocycles. The molecule has 0 radical (unpaired) electrons. The second kappa shape index (κ2) is 6.75. The molecule has 1 saturated heterocycles. The number of carbonyl (C=O) groups is 1. The molecule has 4 heteroatoms. The lowest BCUT2D eigenvalue weighted by atomic mass is 9.99. The van der Waals surface area contributed by atoms with Gasteiger partial charge in [0.05, 0.1) is 5.54 Å². The average Bonchev–Trinajstić information content (AvgIpc) is 2.92. The van der Waals surface area contributed by atoms with E-state index in [1.165, 1.54) is 5.69 Å². The van der Waals surface area contributed by atoms with E-state index >= 15 is 0 Å². The lowest BCUT2D eigenvalue weighted by Gasteiger charge is -2.24. The summed E-state index contributed by atoms with van der Waals surface area (Å²) < 4.78 is 0. The first-order valence-corrected chi connectivity index (χ1v) is 7.41. The molecule has 2 N–H and O–H groups in total. The maximum atomic E-state index is 12.1. The van der Waals surface area contributed by atoms with Gasteiger partial charge in [-0.15, -0.1) is 0 Å². The SMILES string of the molecule is CN(CCCNC(=O)C1(C)CCCN1)c1ccccc1. The van der Waals surface area contributed by atoms with E-state index in [9.17, 15) is 4.79 Å². The Kier molecular flexibility index (Phi) is 5.01. The van der Waals surface area contributed by atoms with E-state index in [4.69, 9.17) is 0 Å². The Bertz CT molecular complexity index is 427. The van der Waals surface area contributed by atoms with Crippen LogP contribution in [0.15, 0.2) is 30.3 Å². The summed E-state index contributed by atoms with van der Waals surface area (Å²) in [7, 11) is 2.08. The van der Waals surface area contributed by atoms with Gasteiger partial charge in [0.25, 0.3) is 0 Å². The van der Waals surface area contributed by atoms with Crippen molar-refractivity contribution in [1.29, 1.82) is 0 Å². The molecule has 0 spiro atoms. The van der Waals surface area contributed by atoms with Crippen LogP contribution in [0.4, 0.5) is 5.69 Å². The van der Waals surface area contributed by atoms with Crippen molar-refractivity contribution in [2.24, 2.45) is 0 Å². The standard InChI is InChI=1S/C16H25N3O/c1-16(10-6-12-18-16)15(20)17-11-7-13-19(2)14-8-4-3-5-9-14/h3-5,8-9,18H,6-7,10-13H2,1-2H3,(H,17,20). The highest BCUT2D eigenvalue weighted by Gasteiger charge is 2.35. The Labute approximate surface area is 121 Å². The van der Waals surface area contributed by atoms with Gasteiger partial charge in [-0.1, -0.05) is 18.2 Å². The molecule has 0 bridgehead atoms. The topological polar surface area (TPSA) is 44.4 Å². The van der Waals surface area contributed by atoms with Crippen LogP contribution in [-0.2, 0) is 4.79 Å². The average molecular weight is 275 g/mol. The Morgan fingerprint density at radius 1 is 1.40 bits per heavy atom. The fraction of sp³-hybridized carbons (Fsp3) is 0.562. The molecular formula is C16H25N3O. The summed E-state index contributed by atoms with van der Waals surface area (Å²) >= 11 is 0. The minimum Gasteiger partial charge on any atom is -0.375 e. The summed E-state index contributed by atoms with van der Waals surface area (Å²) in [5.74, 6) is 0.136. The number of anilines is 1. The number of amides is 1. The zero-order valence-electron chi connectivity index (χ0n) is 12.5. The second-order valence-corrected chi connectivity index (χ2v) is 5.73. The third kappa shape index (κ3) is 3.73. The summed E-state index contributed by atoms with van der Waals surface area (Å²) in [6.07, 6.45) is 2.97. The van der Waals surface area contributed by atoms with Crippen LogP contribution in [0.2, 0.25) is 0 Å². The number of hydrogen-bond donors (Lipinski definition) is 2. The van der Waals surface area contributed by atoms with Crippen LogP contribution >= 0.6 is 0 Å². The summed E-state index contributed by atoms with van der Waals surface area (Å²) in [6.45, 7) is 4.60. The van der Waals surface area contributed by atoms with Gasteiger partial charge in [-0.2, -0.15) is 0 Å². The van der Waals surface area contributed by atoms with Crippen molar-refractivity contribution in [1.82, 2.24) is 10.6 Å². The highest BCUT2D eigenvalue weighted by atomic mass is 16.2. The van der Waals surface area contributed by atoms with Crippen molar-refractivity contribution in [3.8, 4) is 0 Å². The van der Waals surface area contributed by atoms with Gasteiger partial charge in [-0.25, -0.2) is 0 Å². The maximum Gasteiger partial charge on any atom is 0.240 e. The van der Waals surface area contributed by atoms with E-state index in [0.29, 0.717) is 0 Å². The first kappa shape index (κ1) is 14.9. The van der Waals surface area contributed by atoms with Crippen molar-refractivity contribution >= 4 is 11.6 Å². The zero-order chi connectivity index (χ0) is 14.4. The first-order chi connectivity index (χ1) is 9.62. The zero-order valence-corrected chi connectivity index (χ0v) is 12.5. The number of benzene rings is 1. The quantitative estimate of drug-likeness (QED) is 0.778. The van der Waals surface area contributed by atoms with Crippen molar-refractivity contribution < 1.29 is 4.79 Å². The molecule has 2 rings (SSSR count). The molecule has 1 aliphatic rings. The van der Waals surface area contributed by atoms with Gasteiger partial charge in [0, 0.05) is 25.8 Å². The lowest BCUT2D eigenvalue weighted by Crippen LogP contribution is -2.51. The number of nitrogens with one attached hydrogen (secondary N) is 2. The van der Waals surface area contributed by atoms with Crippen LogP contribution < -0.4 is 15.5 Å². The fourth-order valence-corrected chi connectivity index (χ4v) is 2.61. The molecule has 1 atom stereocenters. The molecule has 110 valence electrons. The minimum absolute atomic E-state index is 0.136. The molecule has 1 amide bonds. The van der Waals surface area contributed by atoms with Gasteiger partial charge >= 0.3 is 0 Å². The summed E-state index contributed by atoms with van der Waals surface area (Å²) in [6, 6.07) is 10.3. The van der Waals surface area contributed by atoms with Gasteiger partial charge in [0.1, 0.15) is 0 Å². The van der Waals surface area contributed by atoms with Gasteiger partial charge < -0.3 is 15.5 Å². The third-order valence-corrected chi connectivity index (χ3v) is 4.02. The van der Waals surface area contributed by atoms with E-state index in [0.717, 1.165) is 38.9 Å². The minimum atomic E-state index is -0.356. The van der Waals surface area contributed by atoms with Crippen LogP contribution in [-0.4, -0.2) is 38.1 Å². The molecule has 1 unspecified atom stereocenters. The van der Waals surface area contributed by atoms with E-state index in [-0.39, 0.29) is 11.4 Å². The molecule has 1 aromatic carbocycles. The second-order valence-electron chi connectivity index (χ2n) is 5.73. The number of para-hydroxylation sites is 1. The van der Waals surface area contributed by atoms with Crippen LogP contribution in [0.1, 0.15) is 26.2 Å². The van der Waals surface area contributed by atoms with Crippen molar-refractivity contribution in [2.75, 3.05) is 31.6 Å². The fourth-order valence-electron chi connectivity index (χ4n) is 2.61. The highest BCUT2D eigenvalue weighted by molar-refractivity contribution is 5.86. The Morgan fingerprint density at radius 3 is 2.80 bits per heavy atom. The van der Waals surface area contributed by atoms with Gasteiger partial charge in [-0.05, 0) is 44.9 Å². The molecule has 1 aliphatic heterocycles. The summed E-state index contributed by atoms with van der Waals surface area (Å²) in [5, 5.41) is 6.33. The van der Waals surface area contributed by atoms with Gasteiger partial charge in [0.2, 0.25) is 5.91 Å². The van der Waals surface area contributed by atoms with E-state index in [2.05, 4.69) is 34.7 Å². The van der Waals surface area contributed by atoms with Crippen LogP contribution in [0, 0.1) is 0 Å². The van der Waals surface area contributed by atoms with Crippen molar-refractivity contribution in [2.45, 2.75) is 31.7 Å². The van der Waals surface area contributed by atoms with Crippen molar-refractivity contribution in [3.63, 3.8) is 0 Å². The number of nitrogens with zero attached hydrogens (tertiary/aromatic N) is 1. The van der Waals surface area contributed by atoms with E-state index in [1.807, 2.05) is 25.1 Å². The third-order valence-electron chi connectivity index (χ3n) is 4.02. The number of hydrogen-bond acceptors (Lipinski definition) is 3. The molecule has 4 nitrogen and oxygen atoms in total. The van der Waals surface area contributed by atoms with E-state index in [1.54, 1.807) is 0 Å². The van der Waals surface area contributed by atoms with E-state index < -0.39 is 0 Å². The number of rotatable bonds is 6. The highest BCUT2D eigenvalue weighted by Crippen LogP contribution is 2.18. The predicted octanol–water partition coefficient (Wildman–Crippen LogP) is 1.77. The smallest absolute Gasteiger partial charge is 0.240 e. The van der Waals surface area contributed by atoms with Crippen molar-refractivity contribution in [3.05, 3.63) is 30.3 Å². The Balaban J connectivity index is 1.68. The molecule has 20 heavy (non-hydrogen) atoms. The van der Waals surface area contributed by atoms with Crippen LogP contribution in [0.5, 0.6) is 0 Å². The monoisotopic (exact) mass is 275 g/mol. The molecule has 1 aromatic rings. The molecule has 1 heterocycles. The Hall–Kier alpha value is -1.55.